The van der Waals surface area contributed by atoms with Crippen LogP contribution in [-0.4, -0.2) is 71.5 Å². The first-order valence-electron chi connectivity index (χ1n) is 10.4. The van der Waals surface area contributed by atoms with Gasteiger partial charge in [0.1, 0.15) is 5.75 Å². The third-order valence-corrected chi connectivity index (χ3v) is 5.25. The zero-order valence-corrected chi connectivity index (χ0v) is 18.2. The molecule has 2 N–H and O–H groups in total. The van der Waals surface area contributed by atoms with Crippen molar-refractivity contribution in [2.45, 2.75) is 6.54 Å². The molecule has 0 aliphatic carbocycles. The number of benzene rings is 2. The minimum Gasteiger partial charge on any atom is -0.497 e. The molecule has 0 amide bonds. The number of hydrogen-bond donors (Lipinski definition) is 2. The van der Waals surface area contributed by atoms with E-state index in [9.17, 15) is 0 Å². The molecule has 0 atom stereocenters. The van der Waals surface area contributed by atoms with Gasteiger partial charge in [-0.2, -0.15) is 0 Å². The molecule has 0 unspecified atom stereocenters. The molecule has 162 valence electrons. The summed E-state index contributed by atoms with van der Waals surface area (Å²) < 4.78 is 10.4. The third kappa shape index (κ3) is 6.03. The summed E-state index contributed by atoms with van der Waals surface area (Å²) in [5.41, 5.74) is 3.54. The Kier molecular flexibility index (Phi) is 8.20. The van der Waals surface area contributed by atoms with Gasteiger partial charge in [0.2, 0.25) is 0 Å². The lowest BCUT2D eigenvalue weighted by Gasteiger charge is -2.37. The molecule has 7 nitrogen and oxygen atoms in total. The number of guanidine groups is 1. The monoisotopic (exact) mass is 411 g/mol. The fourth-order valence-electron chi connectivity index (χ4n) is 3.53. The lowest BCUT2D eigenvalue weighted by Crippen LogP contribution is -2.52. The van der Waals surface area contributed by atoms with Crippen molar-refractivity contribution in [3.63, 3.8) is 0 Å². The van der Waals surface area contributed by atoms with E-state index in [2.05, 4.69) is 61.8 Å². The Labute approximate surface area is 179 Å². The fourth-order valence-corrected chi connectivity index (χ4v) is 3.53. The first-order valence-corrected chi connectivity index (χ1v) is 10.4. The van der Waals surface area contributed by atoms with Crippen LogP contribution in [0.5, 0.6) is 5.75 Å². The summed E-state index contributed by atoms with van der Waals surface area (Å²) in [7, 11) is 5.26. The molecule has 30 heavy (non-hydrogen) atoms. The average Bonchev–Trinajstić information content (AvgIpc) is 2.81. The second-order valence-electron chi connectivity index (χ2n) is 7.19. The molecule has 3 rings (SSSR count). The van der Waals surface area contributed by atoms with Gasteiger partial charge in [0.15, 0.2) is 5.96 Å². The Bertz CT molecular complexity index is 801. The van der Waals surface area contributed by atoms with Crippen LogP contribution in [0.15, 0.2) is 53.5 Å². The number of ether oxygens (including phenoxy) is 2. The summed E-state index contributed by atoms with van der Waals surface area (Å²) in [6.45, 7) is 6.03. The summed E-state index contributed by atoms with van der Waals surface area (Å²) in [6, 6.07) is 16.7. The number of methoxy groups -OCH3 is 2. The molecule has 7 heteroatoms. The van der Waals surface area contributed by atoms with Crippen molar-refractivity contribution < 1.29 is 9.47 Å². The first-order chi connectivity index (χ1) is 14.7. The molecule has 1 aliphatic heterocycles. The van der Waals surface area contributed by atoms with Crippen LogP contribution in [0.25, 0.3) is 0 Å². The molecule has 0 bridgehead atoms. The van der Waals surface area contributed by atoms with Crippen molar-refractivity contribution in [2.24, 2.45) is 4.99 Å². The van der Waals surface area contributed by atoms with Crippen LogP contribution >= 0.6 is 0 Å². The Morgan fingerprint density at radius 1 is 1.03 bits per heavy atom. The van der Waals surface area contributed by atoms with Crippen LogP contribution < -0.4 is 20.3 Å². The van der Waals surface area contributed by atoms with Crippen molar-refractivity contribution in [3.05, 3.63) is 54.1 Å². The molecule has 1 saturated heterocycles. The molecule has 0 spiro atoms. The van der Waals surface area contributed by atoms with Crippen LogP contribution in [0.2, 0.25) is 0 Å². The van der Waals surface area contributed by atoms with E-state index in [0.29, 0.717) is 6.61 Å². The van der Waals surface area contributed by atoms with E-state index in [1.807, 2.05) is 19.2 Å². The van der Waals surface area contributed by atoms with E-state index in [-0.39, 0.29) is 0 Å². The molecule has 1 aliphatic rings. The third-order valence-electron chi connectivity index (χ3n) is 5.25. The second kappa shape index (κ2) is 11.3. The predicted octanol–water partition coefficient (Wildman–Crippen LogP) is 2.65. The average molecular weight is 412 g/mol. The molecular formula is C23H33N5O2. The normalized spacial score (nSPS) is 14.6. The summed E-state index contributed by atoms with van der Waals surface area (Å²) >= 11 is 0. The minimum absolute atomic E-state index is 0.699. The van der Waals surface area contributed by atoms with Gasteiger partial charge in [0.25, 0.3) is 0 Å². The zero-order chi connectivity index (χ0) is 21.2. The topological polar surface area (TPSA) is 61.4 Å². The number of hydrogen-bond acceptors (Lipinski definition) is 5. The maximum atomic E-state index is 5.35. The molecule has 1 heterocycles. The molecule has 0 aromatic heterocycles. The zero-order valence-electron chi connectivity index (χ0n) is 18.2. The smallest absolute Gasteiger partial charge is 0.194 e. The summed E-state index contributed by atoms with van der Waals surface area (Å²) in [6.07, 6.45) is 0. The summed E-state index contributed by atoms with van der Waals surface area (Å²) in [5, 5.41) is 6.83. The van der Waals surface area contributed by atoms with Crippen LogP contribution in [0.1, 0.15) is 5.56 Å². The molecule has 1 fully saturated rings. The maximum Gasteiger partial charge on any atom is 0.194 e. The lowest BCUT2D eigenvalue weighted by atomic mass is 10.2. The van der Waals surface area contributed by atoms with E-state index in [4.69, 9.17) is 9.47 Å². The van der Waals surface area contributed by atoms with E-state index in [0.717, 1.165) is 56.7 Å². The summed E-state index contributed by atoms with van der Waals surface area (Å²) in [4.78, 5) is 9.19. The van der Waals surface area contributed by atoms with Crippen molar-refractivity contribution in [3.8, 4) is 5.75 Å². The standard InChI is InChI=1S/C23H33N5O2/c1-24-23(26-18-19-7-9-20(10-8-19)25-11-16-29-2)28-14-12-27(13-15-28)21-5-4-6-22(17-21)30-3/h4-10,17,25H,11-16,18H2,1-3H3,(H,24,26). The van der Waals surface area contributed by atoms with Gasteiger partial charge >= 0.3 is 0 Å². The highest BCUT2D eigenvalue weighted by molar-refractivity contribution is 5.80. The van der Waals surface area contributed by atoms with E-state index in [1.165, 1.54) is 11.3 Å². The Hall–Kier alpha value is -2.93. The van der Waals surface area contributed by atoms with E-state index < -0.39 is 0 Å². The van der Waals surface area contributed by atoms with E-state index >= 15 is 0 Å². The molecule has 0 saturated carbocycles. The Morgan fingerprint density at radius 3 is 2.47 bits per heavy atom. The largest absolute Gasteiger partial charge is 0.497 e. The fraction of sp³-hybridized carbons (Fsp3) is 0.435. The van der Waals surface area contributed by atoms with Crippen molar-refractivity contribution in [1.29, 1.82) is 0 Å². The Balaban J connectivity index is 1.47. The number of nitrogens with zero attached hydrogens (tertiary/aromatic N) is 3. The van der Waals surface area contributed by atoms with E-state index in [1.54, 1.807) is 14.2 Å². The quantitative estimate of drug-likeness (QED) is 0.396. The van der Waals surface area contributed by atoms with Gasteiger partial charge < -0.3 is 29.9 Å². The number of piperazine rings is 1. The highest BCUT2D eigenvalue weighted by Crippen LogP contribution is 2.22. The van der Waals surface area contributed by atoms with Gasteiger partial charge in [-0.25, -0.2) is 0 Å². The van der Waals surface area contributed by atoms with Gasteiger partial charge in [0, 0.05) is 70.9 Å². The number of anilines is 2. The van der Waals surface area contributed by atoms with Crippen LogP contribution in [0.3, 0.4) is 0 Å². The highest BCUT2D eigenvalue weighted by Gasteiger charge is 2.20. The SMILES string of the molecule is CN=C(NCc1ccc(NCCOC)cc1)N1CCN(c2cccc(OC)c2)CC1. The van der Waals surface area contributed by atoms with Crippen LogP contribution in [0, 0.1) is 0 Å². The van der Waals surface area contributed by atoms with Gasteiger partial charge in [-0.1, -0.05) is 18.2 Å². The second-order valence-corrected chi connectivity index (χ2v) is 7.19. The maximum absolute atomic E-state index is 5.35. The van der Waals surface area contributed by atoms with Gasteiger partial charge in [0.05, 0.1) is 13.7 Å². The first kappa shape index (κ1) is 21.8. The lowest BCUT2D eigenvalue weighted by molar-refractivity contribution is 0.211. The Morgan fingerprint density at radius 2 is 1.80 bits per heavy atom. The van der Waals surface area contributed by atoms with Gasteiger partial charge in [-0.05, 0) is 29.8 Å². The molecule has 2 aromatic rings. The van der Waals surface area contributed by atoms with Gasteiger partial charge in [-0.3, -0.25) is 4.99 Å². The molecule has 2 aromatic carbocycles. The van der Waals surface area contributed by atoms with Gasteiger partial charge in [-0.15, -0.1) is 0 Å². The predicted molar refractivity (Wildman–Crippen MR) is 124 cm³/mol. The minimum atomic E-state index is 0.699. The highest BCUT2D eigenvalue weighted by atomic mass is 16.5. The van der Waals surface area contributed by atoms with Crippen LogP contribution in [0.4, 0.5) is 11.4 Å². The molecular weight excluding hydrogens is 378 g/mol. The number of rotatable bonds is 8. The van der Waals surface area contributed by atoms with Crippen molar-refractivity contribution >= 4 is 17.3 Å². The number of nitrogens with one attached hydrogen (secondary N) is 2. The molecule has 0 radical (unpaired) electrons. The summed E-state index contributed by atoms with van der Waals surface area (Å²) in [5.74, 6) is 1.84. The van der Waals surface area contributed by atoms with Crippen molar-refractivity contribution in [1.82, 2.24) is 10.2 Å². The number of aliphatic imine (C=N–C) groups is 1. The van der Waals surface area contributed by atoms with Crippen molar-refractivity contribution in [2.75, 3.05) is 70.8 Å². The van der Waals surface area contributed by atoms with Crippen LogP contribution in [-0.2, 0) is 11.3 Å².